The molecule has 3 rings (SSSR count). The molecule has 10 heteroatoms. The minimum atomic E-state index is 0. The number of furan rings is 1. The van der Waals surface area contributed by atoms with Crippen molar-refractivity contribution in [3.8, 4) is 17.3 Å². The van der Waals surface area contributed by atoms with E-state index >= 15 is 0 Å². The molecule has 3 N–H and O–H groups in total. The van der Waals surface area contributed by atoms with E-state index in [1.54, 1.807) is 26.5 Å². The number of hydrogen-bond acceptors (Lipinski definition) is 6. The van der Waals surface area contributed by atoms with Crippen molar-refractivity contribution < 1.29 is 13.9 Å². The first-order valence-electron chi connectivity index (χ1n) is 8.93. The van der Waals surface area contributed by atoms with Crippen LogP contribution in [0.1, 0.15) is 12.2 Å². The minimum Gasteiger partial charge on any atom is -0.493 e. The lowest BCUT2D eigenvalue weighted by Gasteiger charge is -2.12. The van der Waals surface area contributed by atoms with E-state index in [0.717, 1.165) is 17.9 Å². The van der Waals surface area contributed by atoms with E-state index < -0.39 is 0 Å². The summed E-state index contributed by atoms with van der Waals surface area (Å²) in [7, 11) is 3.38. The van der Waals surface area contributed by atoms with Crippen molar-refractivity contribution in [2.45, 2.75) is 13.0 Å². The summed E-state index contributed by atoms with van der Waals surface area (Å²) < 4.78 is 16.0. The second kappa shape index (κ2) is 12.1. The minimum absolute atomic E-state index is 0. The Morgan fingerprint density at radius 1 is 1.24 bits per heavy atom. The van der Waals surface area contributed by atoms with Crippen LogP contribution < -0.4 is 15.4 Å². The maximum atomic E-state index is 5.72. The first-order chi connectivity index (χ1) is 13.8. The molecule has 0 spiro atoms. The summed E-state index contributed by atoms with van der Waals surface area (Å²) in [6.45, 7) is 1.71. The van der Waals surface area contributed by atoms with Gasteiger partial charge in [0, 0.05) is 38.9 Å². The van der Waals surface area contributed by atoms with Crippen molar-refractivity contribution in [1.82, 2.24) is 20.5 Å². The van der Waals surface area contributed by atoms with Crippen molar-refractivity contribution in [3.63, 3.8) is 0 Å². The smallest absolute Gasteiger partial charge is 0.216 e. The predicted molar refractivity (Wildman–Crippen MR) is 122 cm³/mol. The second-order valence-corrected chi connectivity index (χ2v) is 5.86. The highest BCUT2D eigenvalue weighted by atomic mass is 127. The van der Waals surface area contributed by atoms with Crippen molar-refractivity contribution in [2.24, 2.45) is 4.99 Å². The number of aromatic amines is 1. The lowest BCUT2D eigenvalue weighted by atomic mass is 10.3. The fourth-order valence-electron chi connectivity index (χ4n) is 2.43. The molecular weight excluding hydrogens is 487 g/mol. The van der Waals surface area contributed by atoms with Gasteiger partial charge in [0.1, 0.15) is 11.6 Å². The van der Waals surface area contributed by atoms with Gasteiger partial charge in [-0.1, -0.05) is 6.07 Å². The Labute approximate surface area is 186 Å². The number of halogens is 1. The van der Waals surface area contributed by atoms with Gasteiger partial charge in [0.25, 0.3) is 0 Å². The summed E-state index contributed by atoms with van der Waals surface area (Å²) in [4.78, 5) is 8.62. The lowest BCUT2D eigenvalue weighted by molar-refractivity contribution is 0.172. The molecule has 0 radical (unpaired) electrons. The number of nitrogens with zero attached hydrogens (tertiary/aromatic N) is 3. The van der Waals surface area contributed by atoms with Gasteiger partial charge in [-0.3, -0.25) is 10.1 Å². The number of H-pyrrole nitrogens is 1. The van der Waals surface area contributed by atoms with Gasteiger partial charge in [0.05, 0.1) is 19.4 Å². The summed E-state index contributed by atoms with van der Waals surface area (Å²) in [5, 5.41) is 13.4. The number of rotatable bonds is 9. The number of anilines is 1. The molecule has 0 amide bonds. The van der Waals surface area contributed by atoms with Crippen LogP contribution >= 0.6 is 24.0 Å². The third kappa shape index (κ3) is 7.06. The number of ether oxygens (including phenoxy) is 2. The molecule has 156 valence electrons. The topological polar surface area (TPSA) is 110 Å². The van der Waals surface area contributed by atoms with Crippen LogP contribution in [-0.4, -0.2) is 48.5 Å². The van der Waals surface area contributed by atoms with E-state index in [9.17, 15) is 0 Å². The maximum Gasteiger partial charge on any atom is 0.216 e. The Balaban J connectivity index is 0.00000300. The summed E-state index contributed by atoms with van der Waals surface area (Å²) in [5.74, 6) is 3.20. The molecule has 9 nitrogen and oxygen atoms in total. The van der Waals surface area contributed by atoms with Crippen molar-refractivity contribution in [1.29, 1.82) is 0 Å². The van der Waals surface area contributed by atoms with Crippen LogP contribution in [0.5, 0.6) is 5.75 Å². The Morgan fingerprint density at radius 2 is 2.14 bits per heavy atom. The number of benzene rings is 1. The Bertz CT molecular complexity index is 882. The van der Waals surface area contributed by atoms with Crippen LogP contribution in [-0.2, 0) is 11.3 Å². The monoisotopic (exact) mass is 512 g/mol. The number of aliphatic imine (C=N–C) groups is 1. The largest absolute Gasteiger partial charge is 0.493 e. The number of hydrogen-bond donors (Lipinski definition) is 3. The molecule has 0 atom stereocenters. The highest BCUT2D eigenvalue weighted by Gasteiger charge is 2.09. The number of methoxy groups -OCH3 is 1. The molecule has 3 aromatic rings. The molecular formula is C19H25IN6O3. The Morgan fingerprint density at radius 3 is 2.90 bits per heavy atom. The van der Waals surface area contributed by atoms with Crippen LogP contribution in [0.3, 0.4) is 0 Å². The molecule has 0 aliphatic heterocycles. The normalized spacial score (nSPS) is 11.0. The molecule has 0 unspecified atom stereocenters. The van der Waals surface area contributed by atoms with Crippen molar-refractivity contribution >= 4 is 35.6 Å². The Kier molecular flexibility index (Phi) is 9.44. The predicted octanol–water partition coefficient (Wildman–Crippen LogP) is 3.29. The summed E-state index contributed by atoms with van der Waals surface area (Å²) >= 11 is 0. The van der Waals surface area contributed by atoms with Crippen LogP contribution in [0.2, 0.25) is 0 Å². The molecule has 0 saturated heterocycles. The van der Waals surface area contributed by atoms with Crippen molar-refractivity contribution in [2.75, 3.05) is 32.7 Å². The van der Waals surface area contributed by atoms with Gasteiger partial charge in [-0.25, -0.2) is 4.98 Å². The zero-order chi connectivity index (χ0) is 19.6. The third-order valence-electron chi connectivity index (χ3n) is 3.78. The van der Waals surface area contributed by atoms with E-state index in [4.69, 9.17) is 13.9 Å². The Hall–Kier alpha value is -2.60. The van der Waals surface area contributed by atoms with Crippen LogP contribution in [0, 0.1) is 0 Å². The molecule has 0 aliphatic rings. The molecule has 0 saturated carbocycles. The molecule has 0 bridgehead atoms. The average Bonchev–Trinajstić information content (AvgIpc) is 3.40. The first-order valence-corrected chi connectivity index (χ1v) is 8.93. The van der Waals surface area contributed by atoms with Gasteiger partial charge < -0.3 is 24.5 Å². The standard InChI is InChI=1S/C19H24N6O3.HI/c1-20-19(21-13-17-23-18(25-24-17)16-8-4-10-28-16)22-14-6-3-7-15(12-14)27-11-5-9-26-2;/h3-4,6-8,10,12H,5,9,11,13H2,1-2H3,(H2,20,21,22)(H,23,24,25);1H. The van der Waals surface area contributed by atoms with Crippen LogP contribution in [0.15, 0.2) is 52.1 Å². The molecule has 2 heterocycles. The quantitative estimate of drug-likeness (QED) is 0.175. The molecule has 0 aliphatic carbocycles. The summed E-state index contributed by atoms with van der Waals surface area (Å²) in [6, 6.07) is 11.3. The van der Waals surface area contributed by atoms with E-state index in [2.05, 4.69) is 30.8 Å². The van der Waals surface area contributed by atoms with Crippen LogP contribution in [0.25, 0.3) is 11.6 Å². The molecule has 0 fully saturated rings. The van der Waals surface area contributed by atoms with Gasteiger partial charge in [0.15, 0.2) is 11.7 Å². The second-order valence-electron chi connectivity index (χ2n) is 5.86. The SMILES string of the molecule is CN=C(NCc1nc(-c2ccco2)n[nH]1)Nc1cccc(OCCCOC)c1.I. The number of guanidine groups is 1. The van der Waals surface area contributed by atoms with Gasteiger partial charge in [0.2, 0.25) is 5.82 Å². The van der Waals surface area contributed by atoms with E-state index in [1.807, 2.05) is 30.3 Å². The first kappa shape index (κ1) is 22.7. The van der Waals surface area contributed by atoms with Gasteiger partial charge in [-0.15, -0.1) is 29.1 Å². The van der Waals surface area contributed by atoms with E-state index in [0.29, 0.717) is 43.1 Å². The van der Waals surface area contributed by atoms with E-state index in [-0.39, 0.29) is 24.0 Å². The zero-order valence-electron chi connectivity index (χ0n) is 16.3. The highest BCUT2D eigenvalue weighted by Crippen LogP contribution is 2.18. The maximum absolute atomic E-state index is 5.72. The average molecular weight is 512 g/mol. The highest BCUT2D eigenvalue weighted by molar-refractivity contribution is 14.0. The molecule has 2 aromatic heterocycles. The lowest BCUT2D eigenvalue weighted by Crippen LogP contribution is -2.30. The zero-order valence-corrected chi connectivity index (χ0v) is 18.7. The van der Waals surface area contributed by atoms with Gasteiger partial charge >= 0.3 is 0 Å². The summed E-state index contributed by atoms with van der Waals surface area (Å²) in [5.41, 5.74) is 0.867. The van der Waals surface area contributed by atoms with Crippen LogP contribution in [0.4, 0.5) is 5.69 Å². The van der Waals surface area contributed by atoms with Gasteiger partial charge in [-0.2, -0.15) is 0 Å². The fraction of sp³-hybridized carbons (Fsp3) is 0.316. The molecule has 29 heavy (non-hydrogen) atoms. The fourth-order valence-corrected chi connectivity index (χ4v) is 2.43. The van der Waals surface area contributed by atoms with E-state index in [1.165, 1.54) is 0 Å². The third-order valence-corrected chi connectivity index (χ3v) is 3.78. The van der Waals surface area contributed by atoms with Gasteiger partial charge in [-0.05, 0) is 24.3 Å². The number of nitrogens with one attached hydrogen (secondary N) is 3. The molecule has 1 aromatic carbocycles. The number of aromatic nitrogens is 3. The summed E-state index contributed by atoms with van der Waals surface area (Å²) in [6.07, 6.45) is 2.43. The van der Waals surface area contributed by atoms with Crippen molar-refractivity contribution in [3.05, 3.63) is 48.5 Å².